The first-order valence-electron chi connectivity index (χ1n) is 3.95. The number of hydrogen-bond donors (Lipinski definition) is 0. The third-order valence-electron chi connectivity index (χ3n) is 2.00. The molecule has 0 saturated carbocycles. The lowest BCUT2D eigenvalue weighted by molar-refractivity contribution is 0.112. The van der Waals surface area contributed by atoms with Gasteiger partial charge in [-0.1, -0.05) is 24.3 Å². The first kappa shape index (κ1) is 7.92. The average Bonchev–Trinajstić information content (AvgIpc) is 2.17. The summed E-state index contributed by atoms with van der Waals surface area (Å²) >= 11 is 0. The van der Waals surface area contributed by atoms with E-state index in [1.54, 1.807) is 18.2 Å². The van der Waals surface area contributed by atoms with Gasteiger partial charge in [0.15, 0.2) is 6.29 Å². The Labute approximate surface area is 74.8 Å². The van der Waals surface area contributed by atoms with Crippen LogP contribution in [0, 0.1) is 5.82 Å². The maximum absolute atomic E-state index is 12.8. The number of halogens is 1. The number of carbonyl (C=O) groups excluding carboxylic acids is 1. The molecule has 13 heavy (non-hydrogen) atoms. The molecule has 0 spiro atoms. The second kappa shape index (κ2) is 2.98. The van der Waals surface area contributed by atoms with Crippen molar-refractivity contribution in [3.8, 4) is 0 Å². The highest BCUT2D eigenvalue weighted by Crippen LogP contribution is 2.18. The van der Waals surface area contributed by atoms with E-state index in [2.05, 4.69) is 0 Å². The van der Waals surface area contributed by atoms with Gasteiger partial charge in [-0.15, -0.1) is 0 Å². The van der Waals surface area contributed by atoms with Crippen LogP contribution in [0.3, 0.4) is 0 Å². The number of rotatable bonds is 1. The quantitative estimate of drug-likeness (QED) is 0.607. The van der Waals surface area contributed by atoms with Crippen molar-refractivity contribution in [3.05, 3.63) is 47.8 Å². The Kier molecular flexibility index (Phi) is 1.81. The summed E-state index contributed by atoms with van der Waals surface area (Å²) in [5.74, 6) is -0.318. The average molecular weight is 174 g/mol. The summed E-state index contributed by atoms with van der Waals surface area (Å²) in [4.78, 5) is 10.6. The fraction of sp³-hybridized carbons (Fsp3) is 0. The normalized spacial score (nSPS) is 10.2. The van der Waals surface area contributed by atoms with Crippen LogP contribution in [0.4, 0.5) is 4.39 Å². The van der Waals surface area contributed by atoms with Gasteiger partial charge < -0.3 is 0 Å². The van der Waals surface area contributed by atoms with E-state index < -0.39 is 0 Å². The van der Waals surface area contributed by atoms with Gasteiger partial charge in [-0.25, -0.2) is 4.39 Å². The summed E-state index contributed by atoms with van der Waals surface area (Å²) in [6, 6.07) is 9.73. The minimum Gasteiger partial charge on any atom is -0.298 e. The first-order valence-corrected chi connectivity index (χ1v) is 3.95. The summed E-state index contributed by atoms with van der Waals surface area (Å²) in [6.45, 7) is 0. The fourth-order valence-corrected chi connectivity index (χ4v) is 1.37. The van der Waals surface area contributed by atoms with Crippen molar-refractivity contribution in [2.45, 2.75) is 0 Å². The molecule has 0 fully saturated rings. The van der Waals surface area contributed by atoms with Crippen molar-refractivity contribution in [2.75, 3.05) is 0 Å². The maximum Gasteiger partial charge on any atom is 0.150 e. The Bertz CT molecular complexity index is 463. The number of fused-ring (bicyclic) bond motifs is 1. The molecule has 2 aromatic rings. The molecule has 0 radical (unpaired) electrons. The Morgan fingerprint density at radius 3 is 2.77 bits per heavy atom. The molecule has 2 rings (SSSR count). The summed E-state index contributed by atoms with van der Waals surface area (Å²) in [5, 5.41) is 1.54. The van der Waals surface area contributed by atoms with Crippen LogP contribution in [0.2, 0.25) is 0 Å². The highest BCUT2D eigenvalue weighted by atomic mass is 19.1. The van der Waals surface area contributed by atoms with Gasteiger partial charge in [-0.05, 0) is 22.9 Å². The lowest BCUT2D eigenvalue weighted by Gasteiger charge is -1.99. The lowest BCUT2D eigenvalue weighted by atomic mass is 10.1. The van der Waals surface area contributed by atoms with Crippen LogP contribution in [0.25, 0.3) is 10.8 Å². The summed E-state index contributed by atoms with van der Waals surface area (Å²) in [5.41, 5.74) is 0.525. The van der Waals surface area contributed by atoms with E-state index in [-0.39, 0.29) is 5.82 Å². The Balaban J connectivity index is 2.86. The van der Waals surface area contributed by atoms with Crippen molar-refractivity contribution in [3.63, 3.8) is 0 Å². The minimum absolute atomic E-state index is 0.318. The highest BCUT2D eigenvalue weighted by molar-refractivity contribution is 5.97. The van der Waals surface area contributed by atoms with Gasteiger partial charge in [0.2, 0.25) is 0 Å². The molecule has 0 aliphatic carbocycles. The van der Waals surface area contributed by atoms with Crippen molar-refractivity contribution in [1.29, 1.82) is 0 Å². The van der Waals surface area contributed by atoms with Gasteiger partial charge >= 0.3 is 0 Å². The fourth-order valence-electron chi connectivity index (χ4n) is 1.37. The maximum atomic E-state index is 12.8. The van der Waals surface area contributed by atoms with Crippen LogP contribution >= 0.6 is 0 Å². The zero-order chi connectivity index (χ0) is 9.26. The molecular weight excluding hydrogens is 167 g/mol. The van der Waals surface area contributed by atoms with Crippen LogP contribution in [-0.2, 0) is 0 Å². The second-order valence-electron chi connectivity index (χ2n) is 2.83. The molecule has 2 heteroatoms. The molecule has 0 unspecified atom stereocenters. The van der Waals surface area contributed by atoms with E-state index in [0.29, 0.717) is 10.9 Å². The minimum atomic E-state index is -0.318. The highest BCUT2D eigenvalue weighted by Gasteiger charge is 1.99. The molecule has 0 aliphatic rings. The second-order valence-corrected chi connectivity index (χ2v) is 2.83. The van der Waals surface area contributed by atoms with E-state index in [1.807, 2.05) is 6.07 Å². The molecule has 0 bridgehead atoms. The van der Waals surface area contributed by atoms with Gasteiger partial charge in [0.1, 0.15) is 5.82 Å². The largest absolute Gasteiger partial charge is 0.298 e. The van der Waals surface area contributed by atoms with Crippen LogP contribution in [0.5, 0.6) is 0 Å². The van der Waals surface area contributed by atoms with E-state index in [9.17, 15) is 9.18 Å². The van der Waals surface area contributed by atoms with Gasteiger partial charge in [-0.3, -0.25) is 4.79 Å². The molecular formula is C11H7FO. The van der Waals surface area contributed by atoms with E-state index in [4.69, 9.17) is 0 Å². The van der Waals surface area contributed by atoms with Gasteiger partial charge in [0, 0.05) is 5.56 Å². The third kappa shape index (κ3) is 1.31. The van der Waals surface area contributed by atoms with Gasteiger partial charge in [-0.2, -0.15) is 0 Å². The molecule has 0 saturated heterocycles. The Morgan fingerprint density at radius 1 is 1.15 bits per heavy atom. The van der Waals surface area contributed by atoms with Crippen molar-refractivity contribution >= 4 is 17.1 Å². The number of aldehydes is 1. The Morgan fingerprint density at radius 2 is 2.00 bits per heavy atom. The number of hydrogen-bond acceptors (Lipinski definition) is 1. The smallest absolute Gasteiger partial charge is 0.150 e. The standard InChI is InChI=1S/C11H7FO/c12-10-5-4-8-2-1-3-9(7-13)11(8)6-10/h1-7H. The van der Waals surface area contributed by atoms with E-state index in [0.717, 1.165) is 11.7 Å². The predicted octanol–water partition coefficient (Wildman–Crippen LogP) is 2.79. The van der Waals surface area contributed by atoms with Crippen molar-refractivity contribution < 1.29 is 9.18 Å². The third-order valence-corrected chi connectivity index (χ3v) is 2.00. The van der Waals surface area contributed by atoms with Gasteiger partial charge in [0.05, 0.1) is 0 Å². The van der Waals surface area contributed by atoms with E-state index in [1.165, 1.54) is 12.1 Å². The summed E-state index contributed by atoms with van der Waals surface area (Å²) < 4.78 is 12.8. The molecule has 0 amide bonds. The summed E-state index contributed by atoms with van der Waals surface area (Å²) in [6.07, 6.45) is 0.738. The van der Waals surface area contributed by atoms with Crippen LogP contribution in [0.15, 0.2) is 36.4 Å². The SMILES string of the molecule is O=Cc1cccc2ccc(F)cc12. The Hall–Kier alpha value is -1.70. The van der Waals surface area contributed by atoms with Crippen LogP contribution < -0.4 is 0 Å². The molecule has 1 nitrogen and oxygen atoms in total. The molecule has 0 heterocycles. The molecule has 0 aromatic heterocycles. The topological polar surface area (TPSA) is 17.1 Å². The first-order chi connectivity index (χ1) is 6.31. The van der Waals surface area contributed by atoms with Crippen molar-refractivity contribution in [2.24, 2.45) is 0 Å². The van der Waals surface area contributed by atoms with Crippen LogP contribution in [0.1, 0.15) is 10.4 Å². The molecule has 2 aromatic carbocycles. The number of carbonyl (C=O) groups is 1. The van der Waals surface area contributed by atoms with E-state index >= 15 is 0 Å². The number of benzene rings is 2. The molecule has 0 atom stereocenters. The molecule has 64 valence electrons. The lowest BCUT2D eigenvalue weighted by Crippen LogP contribution is -1.83. The zero-order valence-electron chi connectivity index (χ0n) is 6.83. The van der Waals surface area contributed by atoms with Crippen LogP contribution in [-0.4, -0.2) is 6.29 Å². The predicted molar refractivity (Wildman–Crippen MR) is 49.3 cm³/mol. The summed E-state index contributed by atoms with van der Waals surface area (Å²) in [7, 11) is 0. The monoisotopic (exact) mass is 174 g/mol. The zero-order valence-corrected chi connectivity index (χ0v) is 6.83. The van der Waals surface area contributed by atoms with Gasteiger partial charge in [0.25, 0.3) is 0 Å². The molecule has 0 aliphatic heterocycles. The van der Waals surface area contributed by atoms with Crippen molar-refractivity contribution in [1.82, 2.24) is 0 Å². The molecule has 0 N–H and O–H groups in total.